The Kier molecular flexibility index (Phi) is 3.90. The van der Waals surface area contributed by atoms with E-state index in [1.54, 1.807) is 18.2 Å². The molecule has 0 saturated carbocycles. The summed E-state index contributed by atoms with van der Waals surface area (Å²) in [5.74, 6) is -0.442. The maximum atomic E-state index is 12.0. The van der Waals surface area contributed by atoms with Crippen molar-refractivity contribution in [2.75, 3.05) is 12.3 Å². The summed E-state index contributed by atoms with van der Waals surface area (Å²) in [6, 6.07) is 5.37. The Morgan fingerprint density at radius 3 is 2.89 bits per heavy atom. The number of H-pyrrole nitrogens is 1. The Labute approximate surface area is 118 Å². The highest BCUT2D eigenvalue weighted by atomic mass is 79.9. The molecule has 0 saturated heterocycles. The number of carbonyl (C=O) groups is 1. The Morgan fingerprint density at radius 1 is 1.47 bits per heavy atom. The summed E-state index contributed by atoms with van der Waals surface area (Å²) in [6.07, 6.45) is 0.794. The van der Waals surface area contributed by atoms with E-state index < -0.39 is 11.5 Å². The molecule has 1 heterocycles. The van der Waals surface area contributed by atoms with Crippen molar-refractivity contribution < 1.29 is 4.79 Å². The minimum atomic E-state index is -0.481. The summed E-state index contributed by atoms with van der Waals surface area (Å²) in [7, 11) is 0. The molecule has 0 aliphatic carbocycles. The van der Waals surface area contributed by atoms with Crippen LogP contribution < -0.4 is 16.6 Å². The van der Waals surface area contributed by atoms with Gasteiger partial charge in [0.15, 0.2) is 0 Å². The van der Waals surface area contributed by atoms with Crippen LogP contribution in [0.4, 0.5) is 5.69 Å². The van der Waals surface area contributed by atoms with Crippen molar-refractivity contribution in [3.8, 4) is 0 Å². The fraction of sp³-hybridized carbons (Fsp3) is 0.231. The first-order chi connectivity index (χ1) is 9.06. The molecule has 1 aromatic heterocycles. The van der Waals surface area contributed by atoms with E-state index in [1.807, 2.05) is 6.92 Å². The second-order valence-electron chi connectivity index (χ2n) is 4.16. The maximum Gasteiger partial charge on any atom is 0.263 e. The van der Waals surface area contributed by atoms with Crippen molar-refractivity contribution >= 4 is 38.4 Å². The van der Waals surface area contributed by atoms with Crippen LogP contribution in [0.2, 0.25) is 0 Å². The number of nitrogens with two attached hydrogens (primary N) is 1. The standard InChI is InChI=1S/C13H14BrN3O2/c1-2-6-16-12(18)9-10(15)7-4-3-5-8(14)11(7)17-13(9)19/h3-5H,2,6H2,1H3,(H,16,18)(H3,15,17,19). The van der Waals surface area contributed by atoms with Gasteiger partial charge in [-0.1, -0.05) is 19.1 Å². The highest BCUT2D eigenvalue weighted by Gasteiger charge is 2.17. The van der Waals surface area contributed by atoms with Gasteiger partial charge in [-0.15, -0.1) is 0 Å². The number of rotatable bonds is 3. The van der Waals surface area contributed by atoms with Gasteiger partial charge in [0.25, 0.3) is 11.5 Å². The van der Waals surface area contributed by atoms with Gasteiger partial charge in [-0.2, -0.15) is 0 Å². The fourth-order valence-electron chi connectivity index (χ4n) is 1.86. The molecule has 2 aromatic rings. The van der Waals surface area contributed by atoms with E-state index in [1.165, 1.54) is 0 Å². The number of amides is 1. The molecule has 2 rings (SSSR count). The Bertz CT molecular complexity index is 694. The van der Waals surface area contributed by atoms with Crippen LogP contribution >= 0.6 is 15.9 Å². The lowest BCUT2D eigenvalue weighted by molar-refractivity contribution is 0.0953. The fourth-order valence-corrected chi connectivity index (χ4v) is 2.33. The number of hydrogen-bond donors (Lipinski definition) is 3. The lowest BCUT2D eigenvalue weighted by atomic mass is 10.1. The van der Waals surface area contributed by atoms with Crippen LogP contribution in [0.15, 0.2) is 27.5 Å². The topological polar surface area (TPSA) is 88.0 Å². The first-order valence-corrected chi connectivity index (χ1v) is 6.73. The smallest absolute Gasteiger partial charge is 0.263 e. The average molecular weight is 324 g/mol. The second-order valence-corrected chi connectivity index (χ2v) is 5.02. The number of hydrogen-bond acceptors (Lipinski definition) is 3. The molecule has 0 spiro atoms. The van der Waals surface area contributed by atoms with Gasteiger partial charge in [-0.05, 0) is 28.4 Å². The number of fused-ring (bicyclic) bond motifs is 1. The van der Waals surface area contributed by atoms with Crippen LogP contribution in [0.25, 0.3) is 10.9 Å². The summed E-state index contributed by atoms with van der Waals surface area (Å²) in [5, 5.41) is 3.31. The van der Waals surface area contributed by atoms with Crippen LogP contribution in [0.5, 0.6) is 0 Å². The minimum absolute atomic E-state index is 0.0287. The van der Waals surface area contributed by atoms with Crippen molar-refractivity contribution in [2.24, 2.45) is 0 Å². The molecule has 100 valence electrons. The van der Waals surface area contributed by atoms with Gasteiger partial charge in [-0.25, -0.2) is 0 Å². The molecule has 0 unspecified atom stereocenters. The number of nitrogens with one attached hydrogen (secondary N) is 2. The molecular formula is C13H14BrN3O2. The van der Waals surface area contributed by atoms with E-state index in [0.717, 1.165) is 10.9 Å². The lowest BCUT2D eigenvalue weighted by Gasteiger charge is -2.09. The third-order valence-electron chi connectivity index (χ3n) is 2.80. The summed E-state index contributed by atoms with van der Waals surface area (Å²) < 4.78 is 0.731. The van der Waals surface area contributed by atoms with Gasteiger partial charge in [0, 0.05) is 16.4 Å². The predicted octanol–water partition coefficient (Wildman–Crippen LogP) is 2.01. The van der Waals surface area contributed by atoms with E-state index in [0.29, 0.717) is 17.4 Å². The Balaban J connectivity index is 2.63. The quantitative estimate of drug-likeness (QED) is 0.807. The van der Waals surface area contributed by atoms with E-state index in [-0.39, 0.29) is 11.3 Å². The molecule has 5 nitrogen and oxygen atoms in total. The zero-order chi connectivity index (χ0) is 14.0. The van der Waals surface area contributed by atoms with Gasteiger partial charge >= 0.3 is 0 Å². The average Bonchev–Trinajstić information content (AvgIpc) is 2.38. The van der Waals surface area contributed by atoms with E-state index in [2.05, 4.69) is 26.2 Å². The van der Waals surface area contributed by atoms with E-state index >= 15 is 0 Å². The van der Waals surface area contributed by atoms with Crippen molar-refractivity contribution in [3.63, 3.8) is 0 Å². The number of carbonyl (C=O) groups excluding carboxylic acids is 1. The summed E-state index contributed by atoms with van der Waals surface area (Å²) in [6.45, 7) is 2.44. The van der Waals surface area contributed by atoms with Crippen LogP contribution in [-0.2, 0) is 0 Å². The molecular weight excluding hydrogens is 310 g/mol. The molecule has 1 amide bonds. The Hall–Kier alpha value is -1.82. The van der Waals surface area contributed by atoms with E-state index in [4.69, 9.17) is 5.73 Å². The van der Waals surface area contributed by atoms with Crippen molar-refractivity contribution in [1.29, 1.82) is 0 Å². The van der Waals surface area contributed by atoms with Crippen LogP contribution in [0, 0.1) is 0 Å². The lowest BCUT2D eigenvalue weighted by Crippen LogP contribution is -2.31. The summed E-state index contributed by atoms with van der Waals surface area (Å²) in [5.41, 5.74) is 6.25. The number of aromatic amines is 1. The van der Waals surface area contributed by atoms with Crippen molar-refractivity contribution in [2.45, 2.75) is 13.3 Å². The largest absolute Gasteiger partial charge is 0.397 e. The van der Waals surface area contributed by atoms with Crippen LogP contribution in [-0.4, -0.2) is 17.4 Å². The minimum Gasteiger partial charge on any atom is -0.397 e. The molecule has 0 fully saturated rings. The van der Waals surface area contributed by atoms with Gasteiger partial charge in [0.05, 0.1) is 11.2 Å². The first kappa shape index (κ1) is 13.6. The van der Waals surface area contributed by atoms with Crippen LogP contribution in [0.1, 0.15) is 23.7 Å². The van der Waals surface area contributed by atoms with Gasteiger partial charge < -0.3 is 16.0 Å². The second kappa shape index (κ2) is 5.44. The number of anilines is 1. The van der Waals surface area contributed by atoms with E-state index in [9.17, 15) is 9.59 Å². The van der Waals surface area contributed by atoms with Gasteiger partial charge in [0.1, 0.15) is 5.56 Å². The number of pyridine rings is 1. The molecule has 0 aliphatic heterocycles. The number of benzene rings is 1. The normalized spacial score (nSPS) is 10.6. The molecule has 0 bridgehead atoms. The number of para-hydroxylation sites is 1. The molecule has 0 aliphatic rings. The molecule has 0 atom stereocenters. The highest BCUT2D eigenvalue weighted by Crippen LogP contribution is 2.26. The van der Waals surface area contributed by atoms with Crippen molar-refractivity contribution in [1.82, 2.24) is 10.3 Å². The summed E-state index contributed by atoms with van der Waals surface area (Å²) >= 11 is 3.34. The van der Waals surface area contributed by atoms with Crippen molar-refractivity contribution in [3.05, 3.63) is 38.6 Å². The third-order valence-corrected chi connectivity index (χ3v) is 3.46. The molecule has 6 heteroatoms. The van der Waals surface area contributed by atoms with Gasteiger partial charge in [-0.3, -0.25) is 9.59 Å². The highest BCUT2D eigenvalue weighted by molar-refractivity contribution is 9.10. The number of aromatic nitrogens is 1. The SMILES string of the molecule is CCCNC(=O)c1c(N)c2cccc(Br)c2[nH]c1=O. The third kappa shape index (κ3) is 2.49. The molecule has 0 radical (unpaired) electrons. The maximum absolute atomic E-state index is 12.0. The zero-order valence-electron chi connectivity index (χ0n) is 10.4. The predicted molar refractivity (Wildman–Crippen MR) is 79.3 cm³/mol. The monoisotopic (exact) mass is 323 g/mol. The Morgan fingerprint density at radius 2 is 2.21 bits per heavy atom. The zero-order valence-corrected chi connectivity index (χ0v) is 12.0. The van der Waals surface area contributed by atoms with Gasteiger partial charge in [0.2, 0.25) is 0 Å². The number of halogens is 1. The molecule has 19 heavy (non-hydrogen) atoms. The number of nitrogen functional groups attached to an aromatic ring is 1. The summed E-state index contributed by atoms with van der Waals surface area (Å²) in [4.78, 5) is 26.6. The first-order valence-electron chi connectivity index (χ1n) is 5.94. The molecule has 1 aromatic carbocycles. The molecule has 4 N–H and O–H groups in total. The van der Waals surface area contributed by atoms with Crippen LogP contribution in [0.3, 0.4) is 0 Å².